The van der Waals surface area contributed by atoms with E-state index in [9.17, 15) is 9.18 Å². The highest BCUT2D eigenvalue weighted by atomic mass is 19.1. The summed E-state index contributed by atoms with van der Waals surface area (Å²) in [5.74, 6) is -0.0292. The summed E-state index contributed by atoms with van der Waals surface area (Å²) in [6.45, 7) is 3.92. The number of benzene rings is 1. The van der Waals surface area contributed by atoms with E-state index in [2.05, 4.69) is 22.7 Å². The number of amides is 1. The van der Waals surface area contributed by atoms with Gasteiger partial charge in [-0.1, -0.05) is 6.92 Å². The largest absolute Gasteiger partial charge is 0.346 e. The van der Waals surface area contributed by atoms with Crippen LogP contribution in [0, 0.1) is 11.7 Å². The predicted octanol–water partition coefficient (Wildman–Crippen LogP) is 1.74. The number of aromatic nitrogens is 2. The van der Waals surface area contributed by atoms with Crippen molar-refractivity contribution in [2.24, 2.45) is 5.92 Å². The third-order valence-corrected chi connectivity index (χ3v) is 4.06. The van der Waals surface area contributed by atoms with E-state index in [-0.39, 0.29) is 17.8 Å². The van der Waals surface area contributed by atoms with Crippen molar-refractivity contribution in [3.8, 4) is 5.69 Å². The summed E-state index contributed by atoms with van der Waals surface area (Å²) in [6, 6.07) is 7.77. The van der Waals surface area contributed by atoms with Crippen molar-refractivity contribution in [2.75, 3.05) is 13.1 Å². The van der Waals surface area contributed by atoms with E-state index in [1.165, 1.54) is 12.1 Å². The molecule has 1 saturated heterocycles. The maximum atomic E-state index is 12.9. The maximum absolute atomic E-state index is 12.9. The third-order valence-electron chi connectivity index (χ3n) is 4.06. The van der Waals surface area contributed by atoms with Crippen LogP contribution in [-0.2, 0) is 0 Å². The first-order valence-corrected chi connectivity index (χ1v) is 7.46. The first-order chi connectivity index (χ1) is 10.6. The minimum atomic E-state index is -0.298. The lowest BCUT2D eigenvalue weighted by Crippen LogP contribution is -2.50. The molecule has 2 heterocycles. The number of piperidine rings is 1. The SMILES string of the molecule is CC1CCNCC1NC(=O)c1ccn(-c2ccc(F)cc2)n1. The van der Waals surface area contributed by atoms with Crippen molar-refractivity contribution in [3.05, 3.63) is 48.0 Å². The van der Waals surface area contributed by atoms with Crippen LogP contribution < -0.4 is 10.6 Å². The lowest BCUT2D eigenvalue weighted by atomic mass is 9.95. The van der Waals surface area contributed by atoms with Gasteiger partial charge in [0.2, 0.25) is 0 Å². The Hall–Kier alpha value is -2.21. The van der Waals surface area contributed by atoms with Crippen LogP contribution in [0.3, 0.4) is 0 Å². The zero-order chi connectivity index (χ0) is 15.5. The van der Waals surface area contributed by atoms with Crippen molar-refractivity contribution in [1.29, 1.82) is 0 Å². The molecular formula is C16H19FN4O. The second-order valence-corrected chi connectivity index (χ2v) is 5.67. The van der Waals surface area contributed by atoms with E-state index in [1.807, 2.05) is 0 Å². The number of hydrogen-bond acceptors (Lipinski definition) is 3. The van der Waals surface area contributed by atoms with E-state index in [4.69, 9.17) is 0 Å². The molecule has 3 rings (SSSR count). The van der Waals surface area contributed by atoms with Crippen LogP contribution in [0.25, 0.3) is 5.69 Å². The van der Waals surface area contributed by atoms with E-state index >= 15 is 0 Å². The minimum absolute atomic E-state index is 0.122. The average Bonchev–Trinajstić information content (AvgIpc) is 3.00. The van der Waals surface area contributed by atoms with Crippen LogP contribution in [0.4, 0.5) is 4.39 Å². The van der Waals surface area contributed by atoms with Crippen LogP contribution in [0.5, 0.6) is 0 Å². The summed E-state index contributed by atoms with van der Waals surface area (Å²) in [6.07, 6.45) is 2.75. The monoisotopic (exact) mass is 302 g/mol. The molecule has 5 nitrogen and oxygen atoms in total. The van der Waals surface area contributed by atoms with Gasteiger partial charge in [0.1, 0.15) is 5.82 Å². The van der Waals surface area contributed by atoms with Gasteiger partial charge in [0.15, 0.2) is 5.69 Å². The first kappa shape index (κ1) is 14.7. The predicted molar refractivity (Wildman–Crippen MR) is 81.4 cm³/mol. The van der Waals surface area contributed by atoms with Crippen LogP contribution in [0.15, 0.2) is 36.5 Å². The molecule has 0 radical (unpaired) electrons. The molecule has 2 atom stereocenters. The highest BCUT2D eigenvalue weighted by molar-refractivity contribution is 5.92. The van der Waals surface area contributed by atoms with E-state index in [0.717, 1.165) is 19.5 Å². The normalized spacial score (nSPS) is 21.5. The number of halogens is 1. The number of carbonyl (C=O) groups excluding carboxylic acids is 1. The molecule has 6 heteroatoms. The Morgan fingerprint density at radius 2 is 2.14 bits per heavy atom. The number of carbonyl (C=O) groups is 1. The van der Waals surface area contributed by atoms with Crippen LogP contribution >= 0.6 is 0 Å². The number of hydrogen-bond donors (Lipinski definition) is 2. The third kappa shape index (κ3) is 3.17. The molecule has 22 heavy (non-hydrogen) atoms. The van der Waals surface area contributed by atoms with Crippen molar-refractivity contribution in [2.45, 2.75) is 19.4 Å². The fourth-order valence-electron chi connectivity index (χ4n) is 2.61. The van der Waals surface area contributed by atoms with Gasteiger partial charge in [-0.15, -0.1) is 0 Å². The van der Waals surface area contributed by atoms with Gasteiger partial charge in [-0.25, -0.2) is 9.07 Å². The van der Waals surface area contributed by atoms with E-state index in [0.29, 0.717) is 17.3 Å². The Morgan fingerprint density at radius 3 is 2.86 bits per heavy atom. The molecule has 0 spiro atoms. The Bertz CT molecular complexity index is 652. The Kier molecular flexibility index (Phi) is 4.20. The molecule has 1 amide bonds. The van der Waals surface area contributed by atoms with Crippen LogP contribution in [0.2, 0.25) is 0 Å². The molecule has 2 N–H and O–H groups in total. The molecule has 1 aliphatic heterocycles. The summed E-state index contributed by atoms with van der Waals surface area (Å²) >= 11 is 0. The van der Waals surface area contributed by atoms with E-state index < -0.39 is 0 Å². The van der Waals surface area contributed by atoms with Crippen LogP contribution in [-0.4, -0.2) is 34.8 Å². The second-order valence-electron chi connectivity index (χ2n) is 5.67. The maximum Gasteiger partial charge on any atom is 0.272 e. The average molecular weight is 302 g/mol. The molecule has 1 aromatic carbocycles. The Morgan fingerprint density at radius 1 is 1.36 bits per heavy atom. The summed E-state index contributed by atoms with van der Waals surface area (Å²) in [4.78, 5) is 12.3. The zero-order valence-corrected chi connectivity index (χ0v) is 12.4. The lowest BCUT2D eigenvalue weighted by molar-refractivity contribution is 0.0909. The van der Waals surface area contributed by atoms with Gasteiger partial charge >= 0.3 is 0 Å². The molecule has 0 bridgehead atoms. The van der Waals surface area contributed by atoms with Crippen molar-refractivity contribution < 1.29 is 9.18 Å². The number of nitrogens with zero attached hydrogens (tertiary/aromatic N) is 2. The van der Waals surface area contributed by atoms with Gasteiger partial charge in [-0.2, -0.15) is 5.10 Å². The molecule has 116 valence electrons. The van der Waals surface area contributed by atoms with Gasteiger partial charge in [-0.05, 0) is 49.2 Å². The Labute approximate surface area is 128 Å². The first-order valence-electron chi connectivity index (χ1n) is 7.46. The molecule has 1 fully saturated rings. The molecule has 1 aromatic heterocycles. The fourth-order valence-corrected chi connectivity index (χ4v) is 2.61. The van der Waals surface area contributed by atoms with Crippen LogP contribution in [0.1, 0.15) is 23.8 Å². The highest BCUT2D eigenvalue weighted by Gasteiger charge is 2.23. The Balaban J connectivity index is 1.70. The summed E-state index contributed by atoms with van der Waals surface area (Å²) in [5, 5.41) is 10.6. The smallest absolute Gasteiger partial charge is 0.272 e. The molecule has 2 unspecified atom stereocenters. The number of nitrogens with one attached hydrogen (secondary N) is 2. The van der Waals surface area contributed by atoms with Gasteiger partial charge in [0, 0.05) is 18.8 Å². The summed E-state index contributed by atoms with van der Waals surface area (Å²) < 4.78 is 14.5. The topological polar surface area (TPSA) is 58.9 Å². The van der Waals surface area contributed by atoms with Crippen molar-refractivity contribution in [1.82, 2.24) is 20.4 Å². The molecule has 0 aliphatic carbocycles. The van der Waals surface area contributed by atoms with E-state index in [1.54, 1.807) is 29.1 Å². The zero-order valence-electron chi connectivity index (χ0n) is 12.4. The molecule has 0 saturated carbocycles. The standard InChI is InChI=1S/C16H19FN4O/c1-11-6-8-18-10-15(11)19-16(22)14-7-9-21(20-14)13-4-2-12(17)3-5-13/h2-5,7,9,11,15,18H,6,8,10H2,1H3,(H,19,22). The van der Waals surface area contributed by atoms with Gasteiger partial charge in [0.25, 0.3) is 5.91 Å². The summed E-state index contributed by atoms with van der Waals surface area (Å²) in [7, 11) is 0. The molecule has 1 aliphatic rings. The summed E-state index contributed by atoms with van der Waals surface area (Å²) in [5.41, 5.74) is 1.08. The van der Waals surface area contributed by atoms with Gasteiger partial charge in [-0.3, -0.25) is 4.79 Å². The fraction of sp³-hybridized carbons (Fsp3) is 0.375. The van der Waals surface area contributed by atoms with Gasteiger partial charge < -0.3 is 10.6 Å². The second kappa shape index (κ2) is 6.27. The molecular weight excluding hydrogens is 283 g/mol. The molecule has 2 aromatic rings. The van der Waals surface area contributed by atoms with Gasteiger partial charge in [0.05, 0.1) is 5.69 Å². The highest BCUT2D eigenvalue weighted by Crippen LogP contribution is 2.13. The lowest BCUT2D eigenvalue weighted by Gasteiger charge is -2.29. The van der Waals surface area contributed by atoms with Crippen molar-refractivity contribution >= 4 is 5.91 Å². The number of rotatable bonds is 3. The quantitative estimate of drug-likeness (QED) is 0.908. The minimum Gasteiger partial charge on any atom is -0.346 e. The van der Waals surface area contributed by atoms with Crippen molar-refractivity contribution in [3.63, 3.8) is 0 Å².